The average molecular weight is 446 g/mol. The van der Waals surface area contributed by atoms with Gasteiger partial charge in [-0.15, -0.1) is 11.3 Å². The van der Waals surface area contributed by atoms with Crippen molar-refractivity contribution in [3.63, 3.8) is 0 Å². The molecule has 30 heavy (non-hydrogen) atoms. The SMILES string of the molecule is O=C(NCCN1CCN(C(=O)C2(c3ccc(Cl)cc3)CCCC2)CC1)c1cccs1. The van der Waals surface area contributed by atoms with Crippen molar-refractivity contribution in [3.8, 4) is 0 Å². The molecular formula is C23H28ClN3O2S. The zero-order valence-electron chi connectivity index (χ0n) is 17.1. The molecule has 2 aliphatic rings. The van der Waals surface area contributed by atoms with Crippen LogP contribution in [0.4, 0.5) is 0 Å². The van der Waals surface area contributed by atoms with Crippen molar-refractivity contribution in [3.05, 3.63) is 57.2 Å². The van der Waals surface area contributed by atoms with E-state index in [2.05, 4.69) is 10.2 Å². The first-order valence-electron chi connectivity index (χ1n) is 10.7. The normalized spacial score (nSPS) is 19.0. The van der Waals surface area contributed by atoms with Gasteiger partial charge in [0.1, 0.15) is 0 Å². The molecule has 0 spiro atoms. The molecule has 1 aliphatic heterocycles. The Bertz CT molecular complexity index is 855. The third-order valence-corrected chi connectivity index (χ3v) is 7.50. The van der Waals surface area contributed by atoms with E-state index in [4.69, 9.17) is 11.6 Å². The number of carbonyl (C=O) groups excluding carboxylic acids is 2. The monoisotopic (exact) mass is 445 g/mol. The van der Waals surface area contributed by atoms with E-state index in [1.165, 1.54) is 11.3 Å². The minimum atomic E-state index is -0.387. The molecule has 0 bridgehead atoms. The molecule has 0 atom stereocenters. The molecule has 5 nitrogen and oxygen atoms in total. The van der Waals surface area contributed by atoms with Gasteiger partial charge in [-0.1, -0.05) is 42.6 Å². The predicted molar refractivity (Wildman–Crippen MR) is 121 cm³/mol. The van der Waals surface area contributed by atoms with Gasteiger partial charge in [-0.2, -0.15) is 0 Å². The Hall–Kier alpha value is -1.89. The lowest BCUT2D eigenvalue weighted by Crippen LogP contribution is -2.54. The lowest BCUT2D eigenvalue weighted by molar-refractivity contribution is -0.139. The minimum absolute atomic E-state index is 0.00930. The van der Waals surface area contributed by atoms with Gasteiger partial charge >= 0.3 is 0 Å². The van der Waals surface area contributed by atoms with Crippen molar-refractivity contribution < 1.29 is 9.59 Å². The highest BCUT2D eigenvalue weighted by Crippen LogP contribution is 2.43. The quantitative estimate of drug-likeness (QED) is 0.736. The smallest absolute Gasteiger partial charge is 0.261 e. The summed E-state index contributed by atoms with van der Waals surface area (Å²) >= 11 is 7.53. The van der Waals surface area contributed by atoms with E-state index in [1.807, 2.05) is 46.7 Å². The van der Waals surface area contributed by atoms with E-state index in [1.54, 1.807) is 0 Å². The van der Waals surface area contributed by atoms with Crippen LogP contribution in [-0.4, -0.2) is 60.9 Å². The van der Waals surface area contributed by atoms with Crippen molar-refractivity contribution >= 4 is 34.8 Å². The third kappa shape index (κ3) is 4.56. The molecule has 7 heteroatoms. The predicted octanol–water partition coefficient (Wildman–Crippen LogP) is 3.79. The lowest BCUT2D eigenvalue weighted by atomic mass is 9.77. The summed E-state index contributed by atoms with van der Waals surface area (Å²) in [6.45, 7) is 4.61. The number of thiophene rings is 1. The van der Waals surface area contributed by atoms with Gasteiger partial charge in [-0.25, -0.2) is 0 Å². The lowest BCUT2D eigenvalue weighted by Gasteiger charge is -2.40. The van der Waals surface area contributed by atoms with E-state index < -0.39 is 0 Å². The molecule has 1 saturated carbocycles. The standard InChI is InChI=1S/C23H28ClN3O2S/c24-19-7-5-18(6-8-19)23(9-1-2-10-23)22(29)27-15-13-26(14-16-27)12-11-25-21(28)20-4-3-17-30-20/h3-8,17H,1-2,9-16H2,(H,25,28). The van der Waals surface area contributed by atoms with Crippen LogP contribution in [0.15, 0.2) is 41.8 Å². The molecule has 2 fully saturated rings. The highest BCUT2D eigenvalue weighted by Gasteiger charge is 2.45. The van der Waals surface area contributed by atoms with Crippen LogP contribution in [0.1, 0.15) is 40.9 Å². The number of benzene rings is 1. The van der Waals surface area contributed by atoms with Crippen molar-refractivity contribution in [2.45, 2.75) is 31.1 Å². The number of amides is 2. The summed E-state index contributed by atoms with van der Waals surface area (Å²) < 4.78 is 0. The maximum Gasteiger partial charge on any atom is 0.261 e. The Morgan fingerprint density at radius 2 is 1.73 bits per heavy atom. The second-order valence-electron chi connectivity index (χ2n) is 8.16. The first-order valence-corrected chi connectivity index (χ1v) is 11.9. The van der Waals surface area contributed by atoms with E-state index in [0.29, 0.717) is 11.6 Å². The number of rotatable bonds is 6. The van der Waals surface area contributed by atoms with Crippen molar-refractivity contribution in [1.82, 2.24) is 15.1 Å². The van der Waals surface area contributed by atoms with Crippen LogP contribution in [0.25, 0.3) is 0 Å². The first kappa shape index (κ1) is 21.3. The minimum Gasteiger partial charge on any atom is -0.350 e. The molecular weight excluding hydrogens is 418 g/mol. The van der Waals surface area contributed by atoms with Crippen LogP contribution < -0.4 is 5.32 Å². The summed E-state index contributed by atoms with van der Waals surface area (Å²) in [5, 5.41) is 5.60. The first-order chi connectivity index (χ1) is 14.6. The molecule has 160 valence electrons. The van der Waals surface area contributed by atoms with Crippen LogP contribution in [0.2, 0.25) is 5.02 Å². The van der Waals surface area contributed by atoms with Gasteiger partial charge in [-0.05, 0) is 42.0 Å². The highest BCUT2D eigenvalue weighted by molar-refractivity contribution is 7.12. The molecule has 1 saturated heterocycles. The fourth-order valence-electron chi connectivity index (χ4n) is 4.67. The molecule has 2 heterocycles. The second kappa shape index (κ2) is 9.50. The summed E-state index contributed by atoms with van der Waals surface area (Å²) in [5.41, 5.74) is 0.717. The number of hydrogen-bond donors (Lipinski definition) is 1. The van der Waals surface area contributed by atoms with E-state index in [0.717, 1.165) is 68.8 Å². The Labute approximate surface area is 187 Å². The zero-order chi connectivity index (χ0) is 21.0. The molecule has 0 radical (unpaired) electrons. The van der Waals surface area contributed by atoms with Crippen LogP contribution in [-0.2, 0) is 10.2 Å². The summed E-state index contributed by atoms with van der Waals surface area (Å²) in [5.74, 6) is 0.262. The van der Waals surface area contributed by atoms with Crippen LogP contribution >= 0.6 is 22.9 Å². The van der Waals surface area contributed by atoms with Crippen molar-refractivity contribution in [2.75, 3.05) is 39.3 Å². The Morgan fingerprint density at radius 3 is 2.37 bits per heavy atom. The maximum absolute atomic E-state index is 13.6. The van der Waals surface area contributed by atoms with Gasteiger partial charge in [-0.3, -0.25) is 14.5 Å². The van der Waals surface area contributed by atoms with Gasteiger partial charge in [0.25, 0.3) is 5.91 Å². The number of halogens is 1. The molecule has 2 aromatic rings. The van der Waals surface area contributed by atoms with Crippen molar-refractivity contribution in [1.29, 1.82) is 0 Å². The zero-order valence-corrected chi connectivity index (χ0v) is 18.7. The summed E-state index contributed by atoms with van der Waals surface area (Å²) in [6, 6.07) is 11.6. The number of piperazine rings is 1. The van der Waals surface area contributed by atoms with Crippen LogP contribution in [0, 0.1) is 0 Å². The number of carbonyl (C=O) groups is 2. The number of nitrogens with one attached hydrogen (secondary N) is 1. The van der Waals surface area contributed by atoms with E-state index in [9.17, 15) is 9.59 Å². The maximum atomic E-state index is 13.6. The highest BCUT2D eigenvalue weighted by atomic mass is 35.5. The van der Waals surface area contributed by atoms with Gasteiger partial charge < -0.3 is 10.2 Å². The summed E-state index contributed by atoms with van der Waals surface area (Å²) in [6.07, 6.45) is 4.03. The van der Waals surface area contributed by atoms with E-state index in [-0.39, 0.29) is 17.2 Å². The molecule has 1 aliphatic carbocycles. The summed E-state index contributed by atoms with van der Waals surface area (Å²) in [4.78, 5) is 30.7. The Balaban J connectivity index is 1.30. The van der Waals surface area contributed by atoms with E-state index >= 15 is 0 Å². The molecule has 1 N–H and O–H groups in total. The fourth-order valence-corrected chi connectivity index (χ4v) is 5.44. The van der Waals surface area contributed by atoms with Gasteiger partial charge in [0.2, 0.25) is 5.91 Å². The fraction of sp³-hybridized carbons (Fsp3) is 0.478. The molecule has 2 amide bonds. The Kier molecular flexibility index (Phi) is 6.76. The van der Waals surface area contributed by atoms with Gasteiger partial charge in [0.15, 0.2) is 0 Å². The molecule has 1 aromatic heterocycles. The number of nitrogens with zero attached hydrogens (tertiary/aromatic N) is 2. The molecule has 0 unspecified atom stereocenters. The second-order valence-corrected chi connectivity index (χ2v) is 9.55. The topological polar surface area (TPSA) is 52.7 Å². The summed E-state index contributed by atoms with van der Waals surface area (Å²) in [7, 11) is 0. The third-order valence-electron chi connectivity index (χ3n) is 6.38. The number of hydrogen-bond acceptors (Lipinski definition) is 4. The molecule has 1 aromatic carbocycles. The van der Waals surface area contributed by atoms with Gasteiger partial charge in [0.05, 0.1) is 10.3 Å². The van der Waals surface area contributed by atoms with Crippen LogP contribution in [0.3, 0.4) is 0 Å². The largest absolute Gasteiger partial charge is 0.350 e. The van der Waals surface area contributed by atoms with Gasteiger partial charge in [0, 0.05) is 44.3 Å². The Morgan fingerprint density at radius 1 is 1.03 bits per heavy atom. The molecule has 4 rings (SSSR count). The average Bonchev–Trinajstić information content (AvgIpc) is 3.47. The van der Waals surface area contributed by atoms with Crippen molar-refractivity contribution in [2.24, 2.45) is 0 Å². The van der Waals surface area contributed by atoms with Crippen LogP contribution in [0.5, 0.6) is 0 Å².